The molecule has 0 amide bonds. The van der Waals surface area contributed by atoms with Crippen LogP contribution in [0.15, 0.2) is 18.2 Å². The minimum Gasteiger partial charge on any atom is -0.480 e. The minimum absolute atomic E-state index is 0.0121. The van der Waals surface area contributed by atoms with Gasteiger partial charge in [0.1, 0.15) is 6.04 Å². The third-order valence-corrected chi connectivity index (χ3v) is 1.98. The molecule has 0 aliphatic rings. The quantitative estimate of drug-likeness (QED) is 0.571. The number of carbonyl (C=O) groups is 1. The molecular formula is C9H10N2O4. The summed E-state index contributed by atoms with van der Waals surface area (Å²) in [5, 5.41) is 19.3. The van der Waals surface area contributed by atoms with E-state index in [9.17, 15) is 14.9 Å². The Balaban J connectivity index is 3.28. The second-order valence-corrected chi connectivity index (χ2v) is 3.14. The highest BCUT2D eigenvalue weighted by molar-refractivity contribution is 5.77. The molecule has 0 radical (unpaired) electrons. The lowest BCUT2D eigenvalue weighted by atomic mass is 10.0. The number of nitro benzene ring substituents is 1. The summed E-state index contributed by atoms with van der Waals surface area (Å²) in [6, 6.07) is 2.89. The zero-order chi connectivity index (χ0) is 11.6. The number of nitro groups is 1. The van der Waals surface area contributed by atoms with Gasteiger partial charge >= 0.3 is 5.97 Å². The summed E-state index contributed by atoms with van der Waals surface area (Å²) < 4.78 is 0. The highest BCUT2D eigenvalue weighted by atomic mass is 16.6. The number of aliphatic carboxylic acids is 1. The van der Waals surface area contributed by atoms with E-state index in [4.69, 9.17) is 10.8 Å². The lowest BCUT2D eigenvalue weighted by Crippen LogP contribution is -2.21. The van der Waals surface area contributed by atoms with Gasteiger partial charge in [-0.15, -0.1) is 0 Å². The van der Waals surface area contributed by atoms with Gasteiger partial charge in [-0.3, -0.25) is 14.9 Å². The largest absolute Gasteiger partial charge is 0.480 e. The maximum Gasteiger partial charge on any atom is 0.325 e. The Labute approximate surface area is 85.5 Å². The lowest BCUT2D eigenvalue weighted by molar-refractivity contribution is -0.385. The van der Waals surface area contributed by atoms with Crippen molar-refractivity contribution in [1.82, 2.24) is 0 Å². The maximum absolute atomic E-state index is 10.7. The normalized spacial score (nSPS) is 12.1. The van der Waals surface area contributed by atoms with Gasteiger partial charge in [0.25, 0.3) is 5.69 Å². The molecule has 6 heteroatoms. The van der Waals surface area contributed by atoms with Crippen LogP contribution in [0, 0.1) is 17.0 Å². The van der Waals surface area contributed by atoms with Crippen molar-refractivity contribution in [3.63, 3.8) is 0 Å². The fourth-order valence-corrected chi connectivity index (χ4v) is 1.21. The molecule has 0 aromatic heterocycles. The molecule has 3 N–H and O–H groups in total. The van der Waals surface area contributed by atoms with Crippen molar-refractivity contribution in [1.29, 1.82) is 0 Å². The molecule has 0 aliphatic heterocycles. The van der Waals surface area contributed by atoms with Crippen LogP contribution in [0.5, 0.6) is 0 Å². The molecule has 0 heterocycles. The topological polar surface area (TPSA) is 106 Å². The van der Waals surface area contributed by atoms with E-state index in [1.54, 1.807) is 13.0 Å². The molecule has 80 valence electrons. The van der Waals surface area contributed by atoms with E-state index >= 15 is 0 Å². The molecule has 1 rings (SSSR count). The van der Waals surface area contributed by atoms with Crippen molar-refractivity contribution in [2.24, 2.45) is 5.73 Å². The molecule has 1 aromatic carbocycles. The minimum atomic E-state index is -1.37. The summed E-state index contributed by atoms with van der Waals surface area (Å²) in [6.07, 6.45) is 0. The number of carboxylic acids is 1. The predicted octanol–water partition coefficient (Wildman–Crippen LogP) is 0.988. The standard InChI is InChI=1S/C9H10N2O4/c1-5-2-3-6(8(10)9(12)13)7(4-5)11(14)15/h2-4,8H,10H2,1H3,(H,12,13)/t8-/m0/s1. The molecule has 6 nitrogen and oxygen atoms in total. The summed E-state index contributed by atoms with van der Waals surface area (Å²) in [6.45, 7) is 1.68. The Hall–Kier alpha value is -1.95. The first kappa shape index (κ1) is 11.1. The van der Waals surface area contributed by atoms with E-state index in [-0.39, 0.29) is 11.3 Å². The Kier molecular flexibility index (Phi) is 3.01. The van der Waals surface area contributed by atoms with Gasteiger partial charge in [-0.05, 0) is 18.6 Å². The summed E-state index contributed by atoms with van der Waals surface area (Å²) in [5.74, 6) is -1.29. The molecular weight excluding hydrogens is 200 g/mol. The average molecular weight is 210 g/mol. The third kappa shape index (κ3) is 2.29. The van der Waals surface area contributed by atoms with Crippen molar-refractivity contribution in [3.05, 3.63) is 39.4 Å². The van der Waals surface area contributed by atoms with E-state index in [1.807, 2.05) is 0 Å². The Morgan fingerprint density at radius 3 is 2.67 bits per heavy atom. The zero-order valence-corrected chi connectivity index (χ0v) is 8.01. The molecule has 1 aromatic rings. The number of nitrogens with zero attached hydrogens (tertiary/aromatic N) is 1. The van der Waals surface area contributed by atoms with E-state index in [0.29, 0.717) is 5.56 Å². The van der Waals surface area contributed by atoms with Gasteiger partial charge in [-0.25, -0.2) is 0 Å². The van der Waals surface area contributed by atoms with Gasteiger partial charge in [0.15, 0.2) is 0 Å². The van der Waals surface area contributed by atoms with Crippen molar-refractivity contribution in [3.8, 4) is 0 Å². The van der Waals surface area contributed by atoms with Gasteiger partial charge in [-0.2, -0.15) is 0 Å². The van der Waals surface area contributed by atoms with Gasteiger partial charge < -0.3 is 10.8 Å². The molecule has 0 aliphatic carbocycles. The molecule has 0 fully saturated rings. The highest BCUT2D eigenvalue weighted by Crippen LogP contribution is 2.24. The Morgan fingerprint density at radius 1 is 1.60 bits per heavy atom. The maximum atomic E-state index is 10.7. The Morgan fingerprint density at radius 2 is 2.20 bits per heavy atom. The highest BCUT2D eigenvalue weighted by Gasteiger charge is 2.24. The van der Waals surface area contributed by atoms with Crippen LogP contribution < -0.4 is 5.73 Å². The van der Waals surface area contributed by atoms with E-state index in [2.05, 4.69) is 0 Å². The Bertz CT molecular complexity index is 417. The second-order valence-electron chi connectivity index (χ2n) is 3.14. The van der Waals surface area contributed by atoms with Crippen LogP contribution in [0.2, 0.25) is 0 Å². The van der Waals surface area contributed by atoms with Gasteiger partial charge in [0, 0.05) is 6.07 Å². The van der Waals surface area contributed by atoms with Crippen LogP contribution in [0.3, 0.4) is 0 Å². The van der Waals surface area contributed by atoms with Gasteiger partial charge in [0.2, 0.25) is 0 Å². The number of hydrogen-bond acceptors (Lipinski definition) is 4. The van der Waals surface area contributed by atoms with Gasteiger partial charge in [-0.1, -0.05) is 6.07 Å². The zero-order valence-electron chi connectivity index (χ0n) is 8.01. The van der Waals surface area contributed by atoms with E-state index in [1.165, 1.54) is 12.1 Å². The molecule has 0 bridgehead atoms. The molecule has 0 saturated heterocycles. The first-order valence-electron chi connectivity index (χ1n) is 4.17. The van der Waals surface area contributed by atoms with Crippen LogP contribution >= 0.6 is 0 Å². The summed E-state index contributed by atoms with van der Waals surface area (Å²) in [5.41, 5.74) is 5.76. The monoisotopic (exact) mass is 210 g/mol. The van der Waals surface area contributed by atoms with Crippen molar-refractivity contribution < 1.29 is 14.8 Å². The number of rotatable bonds is 3. The van der Waals surface area contributed by atoms with E-state index in [0.717, 1.165) is 0 Å². The van der Waals surface area contributed by atoms with Crippen LogP contribution in [-0.4, -0.2) is 16.0 Å². The van der Waals surface area contributed by atoms with Crippen LogP contribution in [0.4, 0.5) is 5.69 Å². The summed E-state index contributed by atoms with van der Waals surface area (Å²) in [7, 11) is 0. The lowest BCUT2D eigenvalue weighted by Gasteiger charge is -2.07. The molecule has 15 heavy (non-hydrogen) atoms. The number of carboxylic acid groups (broad SMARTS) is 1. The van der Waals surface area contributed by atoms with Crippen LogP contribution in [0.25, 0.3) is 0 Å². The predicted molar refractivity (Wildman–Crippen MR) is 52.4 cm³/mol. The first-order valence-corrected chi connectivity index (χ1v) is 4.17. The average Bonchev–Trinajstić information content (AvgIpc) is 2.16. The van der Waals surface area contributed by atoms with Crippen molar-refractivity contribution in [2.45, 2.75) is 13.0 Å². The molecule has 0 spiro atoms. The third-order valence-electron chi connectivity index (χ3n) is 1.98. The molecule has 1 atom stereocenters. The van der Waals surface area contributed by atoms with Gasteiger partial charge in [0.05, 0.1) is 10.5 Å². The number of hydrogen-bond donors (Lipinski definition) is 2. The van der Waals surface area contributed by atoms with Crippen LogP contribution in [0.1, 0.15) is 17.2 Å². The molecule has 0 saturated carbocycles. The summed E-state index contributed by atoms with van der Waals surface area (Å²) >= 11 is 0. The molecule has 0 unspecified atom stereocenters. The SMILES string of the molecule is Cc1ccc([C@H](N)C(=O)O)c([N+](=O)[O-])c1. The van der Waals surface area contributed by atoms with Crippen molar-refractivity contribution >= 4 is 11.7 Å². The number of nitrogens with two attached hydrogens (primary N) is 1. The number of aryl methyl sites for hydroxylation is 1. The first-order chi connectivity index (χ1) is 6.93. The number of benzene rings is 1. The summed E-state index contributed by atoms with van der Waals surface area (Å²) in [4.78, 5) is 20.6. The van der Waals surface area contributed by atoms with E-state index < -0.39 is 16.9 Å². The fourth-order valence-electron chi connectivity index (χ4n) is 1.21. The smallest absolute Gasteiger partial charge is 0.325 e. The second kappa shape index (κ2) is 4.05. The van der Waals surface area contributed by atoms with Crippen molar-refractivity contribution in [2.75, 3.05) is 0 Å². The van der Waals surface area contributed by atoms with Crippen LogP contribution in [-0.2, 0) is 4.79 Å². The fraction of sp³-hybridized carbons (Fsp3) is 0.222.